The van der Waals surface area contributed by atoms with Gasteiger partial charge in [0.1, 0.15) is 0 Å². The van der Waals surface area contributed by atoms with Crippen LogP contribution in [0.3, 0.4) is 0 Å². The lowest BCUT2D eigenvalue weighted by Gasteiger charge is -2.01. The highest BCUT2D eigenvalue weighted by atomic mass is 16.3. The van der Waals surface area contributed by atoms with Crippen molar-refractivity contribution in [3.8, 4) is 0 Å². The molecule has 0 aromatic heterocycles. The van der Waals surface area contributed by atoms with Gasteiger partial charge in [-0.3, -0.25) is 9.59 Å². The Labute approximate surface area is 94.6 Å². The Morgan fingerprint density at radius 3 is 2.19 bits per heavy atom. The van der Waals surface area contributed by atoms with Crippen LogP contribution in [0.25, 0.3) is 0 Å². The molecule has 1 unspecified atom stereocenters. The van der Waals surface area contributed by atoms with Crippen LogP contribution in [0.5, 0.6) is 0 Å². The van der Waals surface area contributed by atoms with Gasteiger partial charge >= 0.3 is 0 Å². The van der Waals surface area contributed by atoms with Crippen LogP contribution in [0.4, 0.5) is 0 Å². The summed E-state index contributed by atoms with van der Waals surface area (Å²) in [5.41, 5.74) is 4.68. The number of nitrogens with two attached hydrogens (primary N) is 1. The summed E-state index contributed by atoms with van der Waals surface area (Å²) < 4.78 is 0. The average Bonchev–Trinajstić information content (AvgIpc) is 2.20. The van der Waals surface area contributed by atoms with Gasteiger partial charge in [0.25, 0.3) is 6.47 Å². The first-order valence-electron chi connectivity index (χ1n) is 4.59. The zero-order chi connectivity index (χ0) is 12.8. The maximum atomic E-state index is 9.73. The fraction of sp³-hybridized carbons (Fsp3) is 0.273. The summed E-state index contributed by atoms with van der Waals surface area (Å²) in [5.74, 6) is -0.391. The van der Waals surface area contributed by atoms with Crippen molar-refractivity contribution in [2.75, 3.05) is 0 Å². The van der Waals surface area contributed by atoms with E-state index in [0.29, 0.717) is 0 Å². The molecule has 1 rings (SSSR count). The molecule has 1 amide bonds. The summed E-state index contributed by atoms with van der Waals surface area (Å²) >= 11 is 0. The first-order chi connectivity index (χ1) is 7.58. The number of amides is 1. The van der Waals surface area contributed by atoms with E-state index in [1.807, 2.05) is 18.2 Å². The highest BCUT2D eigenvalue weighted by Crippen LogP contribution is 2.00. The maximum absolute atomic E-state index is 9.73. The summed E-state index contributed by atoms with van der Waals surface area (Å²) in [4.78, 5) is 18.1. The summed E-state index contributed by atoms with van der Waals surface area (Å²) in [6.07, 6.45) is 11.0. The van der Waals surface area contributed by atoms with Crippen LogP contribution in [-0.4, -0.2) is 28.7 Å². The average molecular weight is 227 g/mol. The smallest absolute Gasteiger partial charge is 0.290 e. The Kier molecular flexibility index (Phi) is 13.6. The lowest BCUT2D eigenvalue weighted by Crippen LogP contribution is -2.04. The second-order valence-corrected chi connectivity index (χ2v) is 2.62. The number of hydrogen-bond acceptors (Lipinski definition) is 3. The Balaban J connectivity index is 0. The third-order valence-corrected chi connectivity index (χ3v) is 1.29. The van der Waals surface area contributed by atoms with Gasteiger partial charge in [-0.2, -0.15) is 0 Å². The number of hydrogen-bond donors (Lipinski definition) is 3. The fourth-order valence-corrected chi connectivity index (χ4v) is 0.732. The Hall–Kier alpha value is -1.88. The second-order valence-electron chi connectivity index (χ2n) is 2.62. The van der Waals surface area contributed by atoms with E-state index in [4.69, 9.17) is 15.0 Å². The molecule has 0 saturated carbocycles. The minimum atomic E-state index is -0.391. The van der Waals surface area contributed by atoms with Crippen LogP contribution in [0, 0.1) is 0 Å². The molecule has 1 aliphatic rings. The number of aliphatic hydroxyl groups excluding tert-OH is 1. The quantitative estimate of drug-likeness (QED) is 0.451. The molecule has 16 heavy (non-hydrogen) atoms. The van der Waals surface area contributed by atoms with Gasteiger partial charge in [-0.15, -0.1) is 0 Å². The number of primary amides is 1. The lowest BCUT2D eigenvalue weighted by atomic mass is 10.1. The van der Waals surface area contributed by atoms with Gasteiger partial charge < -0.3 is 15.9 Å². The van der Waals surface area contributed by atoms with Crippen molar-refractivity contribution in [1.29, 1.82) is 0 Å². The zero-order valence-corrected chi connectivity index (χ0v) is 9.11. The standard InChI is InChI=1S/C6H8O.C4H7NO.CH2O2/c7-6-4-2-1-3-5-6;1-2-3-4(5)6;2-1-3/h1-4,6-7H,5H2;2-3H,1H3,(H2,5,6);1H,(H,2,3)/b;3-2-;. The van der Waals surface area contributed by atoms with E-state index >= 15 is 0 Å². The SMILES string of the molecule is C/C=C\C(N)=O.O=CO.OC1C=CC=CC1. The van der Waals surface area contributed by atoms with Gasteiger partial charge in [-0.05, 0) is 19.4 Å². The minimum absolute atomic E-state index is 0.231. The number of aliphatic hydroxyl groups is 1. The van der Waals surface area contributed by atoms with Crippen molar-refractivity contribution < 1.29 is 19.8 Å². The third kappa shape index (κ3) is 18.0. The molecule has 1 aliphatic carbocycles. The van der Waals surface area contributed by atoms with E-state index in [0.717, 1.165) is 6.42 Å². The molecule has 0 aliphatic heterocycles. The van der Waals surface area contributed by atoms with E-state index < -0.39 is 5.91 Å². The van der Waals surface area contributed by atoms with Crippen LogP contribution in [-0.2, 0) is 9.59 Å². The number of carbonyl (C=O) groups excluding carboxylic acids is 1. The molecule has 0 aromatic carbocycles. The molecule has 90 valence electrons. The van der Waals surface area contributed by atoms with Crippen LogP contribution in [0.15, 0.2) is 36.5 Å². The molecular formula is C11H17NO4. The number of carbonyl (C=O) groups is 2. The summed E-state index contributed by atoms with van der Waals surface area (Å²) in [7, 11) is 0. The van der Waals surface area contributed by atoms with Gasteiger partial charge in [-0.25, -0.2) is 0 Å². The van der Waals surface area contributed by atoms with Crippen molar-refractivity contribution in [3.63, 3.8) is 0 Å². The lowest BCUT2D eigenvalue weighted by molar-refractivity contribution is -0.122. The number of allylic oxidation sites excluding steroid dienone is 3. The second kappa shape index (κ2) is 13.1. The molecule has 1 atom stereocenters. The van der Waals surface area contributed by atoms with E-state index in [1.54, 1.807) is 19.1 Å². The predicted molar refractivity (Wildman–Crippen MR) is 61.6 cm³/mol. The monoisotopic (exact) mass is 227 g/mol. The van der Waals surface area contributed by atoms with Crippen LogP contribution in [0.2, 0.25) is 0 Å². The van der Waals surface area contributed by atoms with E-state index in [2.05, 4.69) is 5.73 Å². The van der Waals surface area contributed by atoms with Crippen molar-refractivity contribution >= 4 is 12.4 Å². The Morgan fingerprint density at radius 2 is 2.06 bits per heavy atom. The third-order valence-electron chi connectivity index (χ3n) is 1.29. The van der Waals surface area contributed by atoms with Crippen molar-refractivity contribution in [3.05, 3.63) is 36.5 Å². The van der Waals surface area contributed by atoms with Crippen LogP contribution < -0.4 is 5.73 Å². The first-order valence-corrected chi connectivity index (χ1v) is 4.59. The predicted octanol–water partition coefficient (Wildman–Crippen LogP) is 0.612. The molecular weight excluding hydrogens is 210 g/mol. The largest absolute Gasteiger partial charge is 0.483 e. The molecule has 0 heterocycles. The van der Waals surface area contributed by atoms with E-state index in [9.17, 15) is 4.79 Å². The van der Waals surface area contributed by atoms with Gasteiger partial charge in [-0.1, -0.05) is 30.4 Å². The van der Waals surface area contributed by atoms with Gasteiger partial charge in [0, 0.05) is 0 Å². The number of carboxylic acid groups (broad SMARTS) is 1. The summed E-state index contributed by atoms with van der Waals surface area (Å²) in [5, 5.41) is 15.7. The van der Waals surface area contributed by atoms with Gasteiger partial charge in [0.15, 0.2) is 0 Å². The normalized spacial score (nSPS) is 16.8. The van der Waals surface area contributed by atoms with Crippen molar-refractivity contribution in [2.24, 2.45) is 5.73 Å². The molecule has 0 radical (unpaired) electrons. The van der Waals surface area contributed by atoms with Crippen molar-refractivity contribution in [2.45, 2.75) is 19.4 Å². The minimum Gasteiger partial charge on any atom is -0.483 e. The molecule has 0 aromatic rings. The first kappa shape index (κ1) is 16.5. The fourth-order valence-electron chi connectivity index (χ4n) is 0.732. The van der Waals surface area contributed by atoms with Gasteiger partial charge in [0.2, 0.25) is 5.91 Å². The molecule has 0 saturated heterocycles. The van der Waals surface area contributed by atoms with Crippen molar-refractivity contribution in [1.82, 2.24) is 0 Å². The zero-order valence-electron chi connectivity index (χ0n) is 9.11. The highest BCUT2D eigenvalue weighted by molar-refractivity contribution is 5.85. The van der Waals surface area contributed by atoms with E-state index in [-0.39, 0.29) is 12.6 Å². The van der Waals surface area contributed by atoms with Crippen LogP contribution >= 0.6 is 0 Å². The highest BCUT2D eigenvalue weighted by Gasteiger charge is 1.95. The molecule has 0 fully saturated rings. The molecule has 0 spiro atoms. The van der Waals surface area contributed by atoms with Crippen LogP contribution in [0.1, 0.15) is 13.3 Å². The Bertz CT molecular complexity index is 269. The molecule has 5 nitrogen and oxygen atoms in total. The Morgan fingerprint density at radius 1 is 1.50 bits per heavy atom. The summed E-state index contributed by atoms with van der Waals surface area (Å²) in [6, 6.07) is 0. The maximum Gasteiger partial charge on any atom is 0.290 e. The van der Waals surface area contributed by atoms with Gasteiger partial charge in [0.05, 0.1) is 6.10 Å². The molecule has 5 heteroatoms. The van der Waals surface area contributed by atoms with E-state index in [1.165, 1.54) is 6.08 Å². The number of rotatable bonds is 1. The summed E-state index contributed by atoms with van der Waals surface area (Å²) in [6.45, 7) is 1.49. The topological polar surface area (TPSA) is 101 Å². The molecule has 4 N–H and O–H groups in total. The molecule has 0 bridgehead atoms.